The Labute approximate surface area is 130 Å². The largest absolute Gasteiger partial charge is 0.338 e. The summed E-state index contributed by atoms with van der Waals surface area (Å²) in [6.45, 7) is 8.10. The minimum Gasteiger partial charge on any atom is -0.338 e. The smallest absolute Gasteiger partial charge is 0.230 e. The van der Waals surface area contributed by atoms with Crippen molar-refractivity contribution in [3.05, 3.63) is 0 Å². The van der Waals surface area contributed by atoms with E-state index in [2.05, 4.69) is 43.1 Å². The van der Waals surface area contributed by atoms with E-state index in [0.29, 0.717) is 17.9 Å². The molecule has 2 rings (SSSR count). The van der Waals surface area contributed by atoms with Crippen LogP contribution < -0.4 is 5.32 Å². The Balaban J connectivity index is 2.15. The number of carbonyl (C=O) groups excluding carboxylic acids is 1. The van der Waals surface area contributed by atoms with Gasteiger partial charge in [0, 0.05) is 25.7 Å². The van der Waals surface area contributed by atoms with Gasteiger partial charge in [0.15, 0.2) is 0 Å². The van der Waals surface area contributed by atoms with Crippen LogP contribution in [-0.2, 0) is 4.79 Å². The average Bonchev–Trinajstić information content (AvgIpc) is 3.10. The molecule has 0 bridgehead atoms. The van der Waals surface area contributed by atoms with E-state index in [1.54, 1.807) is 0 Å². The molecule has 21 heavy (non-hydrogen) atoms. The van der Waals surface area contributed by atoms with E-state index in [1.165, 1.54) is 25.7 Å². The first kappa shape index (κ1) is 16.8. The van der Waals surface area contributed by atoms with Gasteiger partial charge in [0.2, 0.25) is 5.91 Å². The molecule has 2 fully saturated rings. The van der Waals surface area contributed by atoms with Gasteiger partial charge in [-0.2, -0.15) is 0 Å². The normalized spacial score (nSPS) is 27.0. The highest BCUT2D eigenvalue weighted by Gasteiger charge is 2.47. The number of amides is 1. The van der Waals surface area contributed by atoms with E-state index in [4.69, 9.17) is 0 Å². The molecule has 0 aromatic heterocycles. The third-order valence-electron chi connectivity index (χ3n) is 5.53. The molecule has 122 valence electrons. The molecule has 1 atom stereocenters. The van der Waals surface area contributed by atoms with E-state index in [9.17, 15) is 4.79 Å². The molecular formula is C17H33N3O. The Morgan fingerprint density at radius 1 is 1.24 bits per heavy atom. The lowest BCUT2D eigenvalue weighted by atomic mass is 9.75. The van der Waals surface area contributed by atoms with Crippen LogP contribution in [0.4, 0.5) is 0 Å². The van der Waals surface area contributed by atoms with Crippen LogP contribution in [0.1, 0.15) is 46.0 Å². The quantitative estimate of drug-likeness (QED) is 0.813. The van der Waals surface area contributed by atoms with Crippen molar-refractivity contribution in [2.75, 3.05) is 40.3 Å². The molecule has 1 aliphatic carbocycles. The second kappa shape index (κ2) is 7.10. The molecule has 1 aliphatic heterocycles. The Morgan fingerprint density at radius 3 is 2.38 bits per heavy atom. The summed E-state index contributed by atoms with van der Waals surface area (Å²) in [7, 11) is 4.18. The van der Waals surface area contributed by atoms with Gasteiger partial charge in [0.25, 0.3) is 0 Å². The zero-order chi connectivity index (χ0) is 15.5. The molecule has 1 saturated heterocycles. The van der Waals surface area contributed by atoms with Gasteiger partial charge >= 0.3 is 0 Å². The summed E-state index contributed by atoms with van der Waals surface area (Å²) in [5.74, 6) is 0.819. The van der Waals surface area contributed by atoms with Gasteiger partial charge in [-0.3, -0.25) is 4.79 Å². The lowest BCUT2D eigenvalue weighted by molar-refractivity contribution is -0.146. The first-order valence-electron chi connectivity index (χ1n) is 8.64. The zero-order valence-electron chi connectivity index (χ0n) is 14.3. The molecule has 1 saturated carbocycles. The molecule has 0 aromatic carbocycles. The van der Waals surface area contributed by atoms with Crippen molar-refractivity contribution in [2.24, 2.45) is 11.3 Å². The third kappa shape index (κ3) is 3.59. The maximum absolute atomic E-state index is 13.4. The molecule has 0 spiro atoms. The van der Waals surface area contributed by atoms with E-state index in [-0.39, 0.29) is 5.41 Å². The maximum atomic E-state index is 13.4. The van der Waals surface area contributed by atoms with Crippen LogP contribution >= 0.6 is 0 Å². The van der Waals surface area contributed by atoms with Crippen molar-refractivity contribution in [1.82, 2.24) is 15.1 Å². The summed E-state index contributed by atoms with van der Waals surface area (Å²) in [6, 6.07) is 0.480. The summed E-state index contributed by atoms with van der Waals surface area (Å²) in [5.41, 5.74) is -0.172. The Hall–Kier alpha value is -0.610. The molecule has 1 heterocycles. The fourth-order valence-electron chi connectivity index (χ4n) is 3.89. The fourth-order valence-corrected chi connectivity index (χ4v) is 3.89. The van der Waals surface area contributed by atoms with E-state index < -0.39 is 0 Å². The summed E-state index contributed by atoms with van der Waals surface area (Å²) in [5, 5.41) is 3.43. The Bertz CT molecular complexity index is 342. The molecule has 1 unspecified atom stereocenters. The first-order chi connectivity index (χ1) is 9.97. The lowest BCUT2D eigenvalue weighted by Crippen LogP contribution is -2.53. The summed E-state index contributed by atoms with van der Waals surface area (Å²) >= 11 is 0. The van der Waals surface area contributed by atoms with Crippen LogP contribution in [-0.4, -0.2) is 62.0 Å². The highest BCUT2D eigenvalue weighted by Crippen LogP contribution is 2.38. The number of rotatable bonds is 6. The second-order valence-corrected chi connectivity index (χ2v) is 7.48. The molecule has 0 radical (unpaired) electrons. The zero-order valence-corrected chi connectivity index (χ0v) is 14.3. The van der Waals surface area contributed by atoms with Crippen LogP contribution in [0.15, 0.2) is 0 Å². The molecule has 4 heteroatoms. The standard InChI is InChI=1S/C17H33N3O/c1-14(2)17(9-10-18-13-17)16(21)20(12-11-19(3)4)15-7-5-6-8-15/h14-15,18H,5-13H2,1-4H3. The second-order valence-electron chi connectivity index (χ2n) is 7.48. The van der Waals surface area contributed by atoms with Crippen molar-refractivity contribution in [1.29, 1.82) is 0 Å². The van der Waals surface area contributed by atoms with Gasteiger partial charge in [-0.1, -0.05) is 26.7 Å². The fraction of sp³-hybridized carbons (Fsp3) is 0.941. The minimum atomic E-state index is -0.172. The van der Waals surface area contributed by atoms with E-state index in [1.807, 2.05) is 0 Å². The minimum absolute atomic E-state index is 0.172. The predicted molar refractivity (Wildman–Crippen MR) is 87.3 cm³/mol. The molecule has 4 nitrogen and oxygen atoms in total. The monoisotopic (exact) mass is 295 g/mol. The van der Waals surface area contributed by atoms with E-state index in [0.717, 1.165) is 32.6 Å². The van der Waals surface area contributed by atoms with Crippen LogP contribution in [0, 0.1) is 11.3 Å². The third-order valence-corrected chi connectivity index (χ3v) is 5.53. The molecule has 2 aliphatic rings. The number of hydrogen-bond donors (Lipinski definition) is 1. The van der Waals surface area contributed by atoms with Crippen molar-refractivity contribution >= 4 is 5.91 Å². The van der Waals surface area contributed by atoms with Crippen molar-refractivity contribution in [3.8, 4) is 0 Å². The SMILES string of the molecule is CC(C)C1(C(=O)N(CCN(C)C)C2CCCC2)CCNC1. The number of nitrogens with zero attached hydrogens (tertiary/aromatic N) is 2. The van der Waals surface area contributed by atoms with Gasteiger partial charge in [0.1, 0.15) is 0 Å². The topological polar surface area (TPSA) is 35.6 Å². The number of carbonyl (C=O) groups is 1. The van der Waals surface area contributed by atoms with Crippen molar-refractivity contribution in [3.63, 3.8) is 0 Å². The lowest BCUT2D eigenvalue weighted by Gasteiger charge is -2.40. The van der Waals surface area contributed by atoms with Gasteiger partial charge in [-0.15, -0.1) is 0 Å². The molecule has 0 aromatic rings. The van der Waals surface area contributed by atoms with Crippen LogP contribution in [0.5, 0.6) is 0 Å². The molecular weight excluding hydrogens is 262 g/mol. The predicted octanol–water partition coefficient (Wildman–Crippen LogP) is 1.95. The van der Waals surface area contributed by atoms with Gasteiger partial charge < -0.3 is 15.1 Å². The number of hydrogen-bond acceptors (Lipinski definition) is 3. The van der Waals surface area contributed by atoms with Crippen molar-refractivity contribution in [2.45, 2.75) is 52.0 Å². The maximum Gasteiger partial charge on any atom is 0.230 e. The Kier molecular flexibility index (Phi) is 5.67. The van der Waals surface area contributed by atoms with Crippen LogP contribution in [0.3, 0.4) is 0 Å². The van der Waals surface area contributed by atoms with E-state index >= 15 is 0 Å². The summed E-state index contributed by atoms with van der Waals surface area (Å²) in [4.78, 5) is 17.8. The highest BCUT2D eigenvalue weighted by molar-refractivity contribution is 5.84. The van der Waals surface area contributed by atoms with Gasteiger partial charge in [-0.05, 0) is 45.8 Å². The summed E-state index contributed by atoms with van der Waals surface area (Å²) < 4.78 is 0. The first-order valence-corrected chi connectivity index (χ1v) is 8.64. The molecule has 1 N–H and O–H groups in total. The number of likely N-dealkylation sites (N-methyl/N-ethyl adjacent to an activating group) is 1. The number of nitrogens with one attached hydrogen (secondary N) is 1. The van der Waals surface area contributed by atoms with Gasteiger partial charge in [0.05, 0.1) is 5.41 Å². The highest BCUT2D eigenvalue weighted by atomic mass is 16.2. The van der Waals surface area contributed by atoms with Gasteiger partial charge in [-0.25, -0.2) is 0 Å². The Morgan fingerprint density at radius 2 is 1.90 bits per heavy atom. The summed E-state index contributed by atoms with van der Waals surface area (Å²) in [6.07, 6.45) is 5.95. The average molecular weight is 295 g/mol. The van der Waals surface area contributed by atoms with Crippen LogP contribution in [0.2, 0.25) is 0 Å². The van der Waals surface area contributed by atoms with Crippen LogP contribution in [0.25, 0.3) is 0 Å². The van der Waals surface area contributed by atoms with Crippen molar-refractivity contribution < 1.29 is 4.79 Å². The molecule has 1 amide bonds.